The van der Waals surface area contributed by atoms with Gasteiger partial charge >= 0.3 is 5.97 Å². The number of benzene rings is 2. The Hall–Kier alpha value is -3.49. The highest BCUT2D eigenvalue weighted by molar-refractivity contribution is 6.03. The second kappa shape index (κ2) is 12.2. The summed E-state index contributed by atoms with van der Waals surface area (Å²) in [5.41, 5.74) is 1.04. The van der Waals surface area contributed by atoms with Gasteiger partial charge in [-0.1, -0.05) is 25.1 Å². The zero-order valence-electron chi connectivity index (χ0n) is 21.6. The Bertz CT molecular complexity index is 1230. The van der Waals surface area contributed by atoms with Crippen molar-refractivity contribution in [2.75, 3.05) is 32.3 Å². The number of amides is 1. The fraction of sp³-hybridized carbons (Fsp3) is 0.414. The summed E-state index contributed by atoms with van der Waals surface area (Å²) in [7, 11) is 3.11. The molecular formula is C29H34N2O6. The number of nitrogens with zero attached hydrogens (tertiary/aromatic N) is 2. The Kier molecular flexibility index (Phi) is 8.74. The summed E-state index contributed by atoms with van der Waals surface area (Å²) < 4.78 is 16.7. The van der Waals surface area contributed by atoms with E-state index in [0.29, 0.717) is 23.2 Å². The minimum absolute atomic E-state index is 0.0342. The van der Waals surface area contributed by atoms with Gasteiger partial charge in [-0.15, -0.1) is 0 Å². The number of rotatable bonds is 10. The molecule has 0 unspecified atom stereocenters. The number of methoxy groups -OCH3 is 2. The zero-order chi connectivity index (χ0) is 26.4. The largest absolute Gasteiger partial charge is 0.478 e. The summed E-state index contributed by atoms with van der Waals surface area (Å²) in [5, 5.41) is 11.1. The normalized spacial score (nSPS) is 17.6. The molecule has 1 heterocycles. The molecule has 1 aromatic heterocycles. The third kappa shape index (κ3) is 6.26. The summed E-state index contributed by atoms with van der Waals surface area (Å²) in [5.74, 6) is -0.178. The van der Waals surface area contributed by atoms with E-state index in [0.717, 1.165) is 36.6 Å². The standard InChI is InChI=1S/C29H34N2O6/c1-19-8-10-21(11-9-19)28(32)31(22(17-35-2)18-36-3)26-14-13-23(16-24(26)29(33)34)37-27-15-12-20-6-4-5-7-25(20)30-27/h4-7,12-16,19,21-22H,8-11,17-18H2,1-3H3,(H,33,34). The van der Waals surface area contributed by atoms with Crippen LogP contribution < -0.4 is 9.64 Å². The number of anilines is 1. The fourth-order valence-electron chi connectivity index (χ4n) is 4.97. The van der Waals surface area contributed by atoms with Crippen LogP contribution in [0.5, 0.6) is 11.6 Å². The number of carbonyl (C=O) groups is 2. The van der Waals surface area contributed by atoms with E-state index >= 15 is 0 Å². The SMILES string of the molecule is COCC(COC)N(C(=O)C1CCC(C)CC1)c1ccc(Oc2ccc3ccccc3n2)cc1C(=O)O. The van der Waals surface area contributed by atoms with Crippen LogP contribution in [0.1, 0.15) is 43.0 Å². The summed E-state index contributed by atoms with van der Waals surface area (Å²) in [4.78, 5) is 32.3. The quantitative estimate of drug-likeness (QED) is 0.385. The van der Waals surface area contributed by atoms with Crippen molar-refractivity contribution in [1.29, 1.82) is 0 Å². The fourth-order valence-corrected chi connectivity index (χ4v) is 4.97. The first-order valence-corrected chi connectivity index (χ1v) is 12.6. The number of carbonyl (C=O) groups excluding carboxylic acids is 1. The van der Waals surface area contributed by atoms with Crippen LogP contribution in [0.15, 0.2) is 54.6 Å². The lowest BCUT2D eigenvalue weighted by Gasteiger charge is -2.36. The van der Waals surface area contributed by atoms with Crippen LogP contribution in [0.2, 0.25) is 0 Å². The Morgan fingerprint density at radius 3 is 2.38 bits per heavy atom. The monoisotopic (exact) mass is 506 g/mol. The van der Waals surface area contributed by atoms with Crippen molar-refractivity contribution < 1.29 is 28.9 Å². The van der Waals surface area contributed by atoms with E-state index in [2.05, 4.69) is 11.9 Å². The number of carboxylic acid groups (broad SMARTS) is 1. The first-order valence-electron chi connectivity index (χ1n) is 12.6. The van der Waals surface area contributed by atoms with Gasteiger partial charge in [0.15, 0.2) is 0 Å². The molecule has 1 saturated carbocycles. The molecule has 0 aliphatic heterocycles. The van der Waals surface area contributed by atoms with Crippen molar-refractivity contribution in [1.82, 2.24) is 4.98 Å². The molecule has 0 saturated heterocycles. The lowest BCUT2D eigenvalue weighted by molar-refractivity contribution is -0.124. The van der Waals surface area contributed by atoms with Gasteiger partial charge in [-0.2, -0.15) is 0 Å². The van der Waals surface area contributed by atoms with Crippen molar-refractivity contribution >= 4 is 28.5 Å². The molecule has 1 fully saturated rings. The summed E-state index contributed by atoms with van der Waals surface area (Å²) in [6, 6.07) is 15.6. The molecule has 2 aromatic carbocycles. The average Bonchev–Trinajstić information content (AvgIpc) is 2.90. The molecule has 37 heavy (non-hydrogen) atoms. The Morgan fingerprint density at radius 1 is 1.00 bits per heavy atom. The topological polar surface area (TPSA) is 98.2 Å². The number of ether oxygens (including phenoxy) is 3. The number of aromatic nitrogens is 1. The third-order valence-corrected chi connectivity index (χ3v) is 6.94. The highest BCUT2D eigenvalue weighted by Gasteiger charge is 2.35. The Morgan fingerprint density at radius 2 is 1.70 bits per heavy atom. The Labute approximate surface area is 217 Å². The van der Waals surface area contributed by atoms with E-state index in [9.17, 15) is 14.7 Å². The van der Waals surface area contributed by atoms with Crippen LogP contribution in [0.4, 0.5) is 5.69 Å². The maximum Gasteiger partial charge on any atom is 0.337 e. The molecule has 1 aliphatic carbocycles. The maximum absolute atomic E-state index is 13.9. The molecule has 1 aliphatic rings. The van der Waals surface area contributed by atoms with Crippen LogP contribution in [0.3, 0.4) is 0 Å². The van der Waals surface area contributed by atoms with Crippen molar-refractivity contribution in [3.05, 3.63) is 60.2 Å². The van der Waals surface area contributed by atoms with Gasteiger partial charge in [0.05, 0.1) is 36.0 Å². The molecule has 0 radical (unpaired) electrons. The van der Waals surface area contributed by atoms with E-state index in [-0.39, 0.29) is 30.6 Å². The van der Waals surface area contributed by atoms with Gasteiger partial charge in [0, 0.05) is 31.6 Å². The minimum Gasteiger partial charge on any atom is -0.478 e. The van der Waals surface area contributed by atoms with Gasteiger partial charge in [0.25, 0.3) is 0 Å². The van der Waals surface area contributed by atoms with Gasteiger partial charge in [-0.25, -0.2) is 9.78 Å². The highest BCUT2D eigenvalue weighted by Crippen LogP contribution is 2.35. The Balaban J connectivity index is 1.69. The van der Waals surface area contributed by atoms with Gasteiger partial charge < -0.3 is 24.2 Å². The number of pyridine rings is 1. The first-order chi connectivity index (χ1) is 17.9. The molecule has 1 N–H and O–H groups in total. The van der Waals surface area contributed by atoms with Crippen LogP contribution in [0, 0.1) is 11.8 Å². The summed E-state index contributed by atoms with van der Waals surface area (Å²) >= 11 is 0. The van der Waals surface area contributed by atoms with Crippen LogP contribution in [-0.4, -0.2) is 55.4 Å². The van der Waals surface area contributed by atoms with E-state index in [4.69, 9.17) is 14.2 Å². The van der Waals surface area contributed by atoms with Gasteiger partial charge in [-0.3, -0.25) is 4.79 Å². The van der Waals surface area contributed by atoms with Crippen molar-refractivity contribution in [2.24, 2.45) is 11.8 Å². The van der Waals surface area contributed by atoms with Crippen molar-refractivity contribution in [3.63, 3.8) is 0 Å². The predicted octanol–water partition coefficient (Wildman–Crippen LogP) is 5.55. The molecule has 8 heteroatoms. The van der Waals surface area contributed by atoms with Crippen LogP contribution in [0.25, 0.3) is 10.9 Å². The smallest absolute Gasteiger partial charge is 0.337 e. The minimum atomic E-state index is -1.16. The zero-order valence-corrected chi connectivity index (χ0v) is 21.6. The second-order valence-corrected chi connectivity index (χ2v) is 9.66. The first kappa shape index (κ1) is 26.6. The third-order valence-electron chi connectivity index (χ3n) is 6.94. The summed E-state index contributed by atoms with van der Waals surface area (Å²) in [6.07, 6.45) is 3.50. The number of fused-ring (bicyclic) bond motifs is 1. The molecule has 196 valence electrons. The molecule has 0 spiro atoms. The van der Waals surface area contributed by atoms with Crippen molar-refractivity contribution in [2.45, 2.75) is 38.6 Å². The van der Waals surface area contributed by atoms with Crippen molar-refractivity contribution in [3.8, 4) is 11.6 Å². The molecule has 8 nitrogen and oxygen atoms in total. The van der Waals surface area contributed by atoms with Gasteiger partial charge in [-0.05, 0) is 61.9 Å². The van der Waals surface area contributed by atoms with Gasteiger partial charge in [0.1, 0.15) is 5.75 Å². The molecular weight excluding hydrogens is 472 g/mol. The lowest BCUT2D eigenvalue weighted by atomic mass is 9.82. The van der Waals surface area contributed by atoms with E-state index in [1.165, 1.54) is 6.07 Å². The van der Waals surface area contributed by atoms with E-state index in [1.54, 1.807) is 37.3 Å². The maximum atomic E-state index is 13.9. The van der Waals surface area contributed by atoms with Crippen LogP contribution >= 0.6 is 0 Å². The number of aromatic carboxylic acids is 1. The number of hydrogen-bond acceptors (Lipinski definition) is 6. The van der Waals surface area contributed by atoms with Gasteiger partial charge in [0.2, 0.25) is 11.8 Å². The number of hydrogen-bond donors (Lipinski definition) is 1. The van der Waals surface area contributed by atoms with E-state index in [1.807, 2.05) is 30.3 Å². The second-order valence-electron chi connectivity index (χ2n) is 9.66. The summed E-state index contributed by atoms with van der Waals surface area (Å²) in [6.45, 7) is 2.62. The highest BCUT2D eigenvalue weighted by atomic mass is 16.5. The molecule has 4 rings (SSSR count). The average molecular weight is 507 g/mol. The molecule has 3 aromatic rings. The number of carboxylic acids is 1. The lowest BCUT2D eigenvalue weighted by Crippen LogP contribution is -2.49. The number of para-hydroxylation sites is 1. The van der Waals surface area contributed by atoms with Crippen LogP contribution in [-0.2, 0) is 14.3 Å². The predicted molar refractivity (Wildman–Crippen MR) is 141 cm³/mol. The molecule has 1 amide bonds. The molecule has 0 atom stereocenters. The molecule has 0 bridgehead atoms. The van der Waals surface area contributed by atoms with E-state index < -0.39 is 12.0 Å².